The van der Waals surface area contributed by atoms with Gasteiger partial charge in [0.2, 0.25) is 5.91 Å². The van der Waals surface area contributed by atoms with Crippen molar-refractivity contribution in [3.05, 3.63) is 0 Å². The summed E-state index contributed by atoms with van der Waals surface area (Å²) in [5.74, 6) is 0.753. The minimum absolute atomic E-state index is 0.0473. The van der Waals surface area contributed by atoms with Crippen molar-refractivity contribution in [2.24, 2.45) is 5.92 Å². The number of halogens is 1. The quantitative estimate of drug-likeness (QED) is 0.575. The zero-order chi connectivity index (χ0) is 8.55. The van der Waals surface area contributed by atoms with E-state index in [-0.39, 0.29) is 11.3 Å². The largest absolute Gasteiger partial charge is 0.352 e. The molecule has 1 aliphatic carbocycles. The number of hydrogen-bond donors (Lipinski definition) is 1. The molecular formula is C9H14ClNO. The molecule has 1 N–H and O–H groups in total. The van der Waals surface area contributed by atoms with Crippen molar-refractivity contribution in [1.82, 2.24) is 5.32 Å². The third-order valence-corrected chi connectivity index (χ3v) is 3.48. The van der Waals surface area contributed by atoms with Gasteiger partial charge in [-0.2, -0.15) is 0 Å². The first-order valence-electron chi connectivity index (χ1n) is 4.72. The smallest absolute Gasteiger partial charge is 0.238 e. The van der Waals surface area contributed by atoms with Gasteiger partial charge in [-0.15, -0.1) is 11.6 Å². The molecule has 0 aromatic rings. The summed E-state index contributed by atoms with van der Waals surface area (Å²) in [6, 6.07) is 0.432. The van der Waals surface area contributed by atoms with Gasteiger partial charge in [-0.25, -0.2) is 0 Å². The highest BCUT2D eigenvalue weighted by atomic mass is 35.5. The van der Waals surface area contributed by atoms with Crippen LogP contribution in [0.1, 0.15) is 32.1 Å². The van der Waals surface area contributed by atoms with E-state index in [1.165, 1.54) is 12.8 Å². The van der Waals surface area contributed by atoms with E-state index < -0.39 is 0 Å². The molecule has 2 fully saturated rings. The lowest BCUT2D eigenvalue weighted by Crippen LogP contribution is -2.38. The van der Waals surface area contributed by atoms with E-state index in [0.29, 0.717) is 12.0 Å². The molecule has 1 amide bonds. The van der Waals surface area contributed by atoms with Gasteiger partial charge < -0.3 is 5.32 Å². The Kier molecular flexibility index (Phi) is 2.26. The van der Waals surface area contributed by atoms with Crippen LogP contribution in [-0.2, 0) is 4.79 Å². The van der Waals surface area contributed by atoms with Gasteiger partial charge in [0, 0.05) is 6.04 Å². The van der Waals surface area contributed by atoms with Crippen molar-refractivity contribution in [2.75, 3.05) is 0 Å². The second kappa shape index (κ2) is 3.25. The Balaban J connectivity index is 2.06. The molecule has 0 spiro atoms. The Morgan fingerprint density at radius 3 is 2.92 bits per heavy atom. The summed E-state index contributed by atoms with van der Waals surface area (Å²) >= 11 is 5.87. The maximum atomic E-state index is 11.3. The number of rotatable bonds is 0. The SMILES string of the molecule is O=C1NC2CCCC2CCC1Cl. The molecule has 1 saturated carbocycles. The van der Waals surface area contributed by atoms with E-state index in [1.807, 2.05) is 0 Å². The fourth-order valence-electron chi connectivity index (χ4n) is 2.34. The molecule has 2 rings (SSSR count). The first-order chi connectivity index (χ1) is 5.77. The minimum Gasteiger partial charge on any atom is -0.352 e. The van der Waals surface area contributed by atoms with Gasteiger partial charge in [-0.1, -0.05) is 6.42 Å². The Labute approximate surface area is 77.7 Å². The zero-order valence-corrected chi connectivity index (χ0v) is 7.81. The molecule has 0 aromatic heterocycles. The summed E-state index contributed by atoms with van der Waals surface area (Å²) in [7, 11) is 0. The number of fused-ring (bicyclic) bond motifs is 1. The Bertz CT molecular complexity index is 195. The van der Waals surface area contributed by atoms with Crippen LogP contribution in [0.2, 0.25) is 0 Å². The normalized spacial score (nSPS) is 41.8. The summed E-state index contributed by atoms with van der Waals surface area (Å²) in [6.45, 7) is 0. The Morgan fingerprint density at radius 1 is 1.25 bits per heavy atom. The van der Waals surface area contributed by atoms with Gasteiger partial charge in [0.25, 0.3) is 0 Å². The van der Waals surface area contributed by atoms with Gasteiger partial charge in [0.15, 0.2) is 0 Å². The van der Waals surface area contributed by atoms with Crippen molar-refractivity contribution in [1.29, 1.82) is 0 Å². The molecule has 68 valence electrons. The number of amides is 1. The number of carbonyl (C=O) groups is 1. The first-order valence-corrected chi connectivity index (χ1v) is 5.15. The molecule has 0 bridgehead atoms. The van der Waals surface area contributed by atoms with Crippen molar-refractivity contribution < 1.29 is 4.79 Å². The van der Waals surface area contributed by atoms with Crippen molar-refractivity contribution in [2.45, 2.75) is 43.5 Å². The molecule has 3 atom stereocenters. The van der Waals surface area contributed by atoms with Crippen LogP contribution < -0.4 is 5.32 Å². The second-order valence-corrected chi connectivity index (χ2v) is 4.38. The van der Waals surface area contributed by atoms with E-state index in [0.717, 1.165) is 19.3 Å². The first kappa shape index (κ1) is 8.36. The fraction of sp³-hybridized carbons (Fsp3) is 0.889. The highest BCUT2D eigenvalue weighted by Crippen LogP contribution is 2.32. The molecule has 0 radical (unpaired) electrons. The molecule has 0 aromatic carbocycles. The maximum absolute atomic E-state index is 11.3. The number of hydrogen-bond acceptors (Lipinski definition) is 1. The standard InChI is InChI=1S/C9H14ClNO/c10-7-5-4-6-2-1-3-8(6)11-9(7)12/h6-8H,1-5H2,(H,11,12). The van der Waals surface area contributed by atoms with Crippen LogP contribution in [0.5, 0.6) is 0 Å². The topological polar surface area (TPSA) is 29.1 Å². The van der Waals surface area contributed by atoms with Crippen LogP contribution in [0.3, 0.4) is 0 Å². The van der Waals surface area contributed by atoms with E-state index in [2.05, 4.69) is 5.32 Å². The molecule has 12 heavy (non-hydrogen) atoms. The molecule has 3 heteroatoms. The summed E-state index contributed by atoms with van der Waals surface area (Å²) in [5, 5.41) is 2.74. The lowest BCUT2D eigenvalue weighted by Gasteiger charge is -2.15. The van der Waals surface area contributed by atoms with Crippen molar-refractivity contribution in [3.63, 3.8) is 0 Å². The summed E-state index contributed by atoms with van der Waals surface area (Å²) in [6.07, 6.45) is 5.67. The van der Waals surface area contributed by atoms with Crippen molar-refractivity contribution >= 4 is 17.5 Å². The third kappa shape index (κ3) is 1.45. The van der Waals surface area contributed by atoms with Crippen LogP contribution in [-0.4, -0.2) is 17.3 Å². The van der Waals surface area contributed by atoms with Crippen LogP contribution in [0, 0.1) is 5.92 Å². The highest BCUT2D eigenvalue weighted by Gasteiger charge is 2.33. The Hall–Kier alpha value is -0.240. The predicted octanol–water partition coefficient (Wildman–Crippen LogP) is 1.67. The van der Waals surface area contributed by atoms with E-state index >= 15 is 0 Å². The zero-order valence-electron chi connectivity index (χ0n) is 7.05. The number of alkyl halides is 1. The third-order valence-electron chi connectivity index (χ3n) is 3.06. The molecular weight excluding hydrogens is 174 g/mol. The van der Waals surface area contributed by atoms with E-state index in [1.54, 1.807) is 0 Å². The van der Waals surface area contributed by atoms with Gasteiger partial charge in [-0.05, 0) is 31.6 Å². The van der Waals surface area contributed by atoms with Gasteiger partial charge in [0.05, 0.1) is 0 Å². The van der Waals surface area contributed by atoms with E-state index in [4.69, 9.17) is 11.6 Å². The maximum Gasteiger partial charge on any atom is 0.238 e. The fourth-order valence-corrected chi connectivity index (χ4v) is 2.53. The molecule has 1 heterocycles. The average molecular weight is 188 g/mol. The van der Waals surface area contributed by atoms with Crippen LogP contribution >= 0.6 is 11.6 Å². The monoisotopic (exact) mass is 187 g/mol. The number of nitrogens with one attached hydrogen (secondary N) is 1. The lowest BCUT2D eigenvalue weighted by atomic mass is 9.99. The minimum atomic E-state index is -0.282. The summed E-state index contributed by atoms with van der Waals surface area (Å²) in [4.78, 5) is 11.3. The van der Waals surface area contributed by atoms with Gasteiger partial charge >= 0.3 is 0 Å². The molecule has 1 saturated heterocycles. The summed E-state index contributed by atoms with van der Waals surface area (Å²) in [5.41, 5.74) is 0. The Morgan fingerprint density at radius 2 is 2.08 bits per heavy atom. The molecule has 3 unspecified atom stereocenters. The molecule has 2 aliphatic rings. The molecule has 2 nitrogen and oxygen atoms in total. The predicted molar refractivity (Wildman–Crippen MR) is 48.1 cm³/mol. The van der Waals surface area contributed by atoms with Gasteiger partial charge in [0.1, 0.15) is 5.38 Å². The van der Waals surface area contributed by atoms with Crippen LogP contribution in [0.15, 0.2) is 0 Å². The highest BCUT2D eigenvalue weighted by molar-refractivity contribution is 6.30. The average Bonchev–Trinajstić information content (AvgIpc) is 2.43. The second-order valence-electron chi connectivity index (χ2n) is 3.85. The number of carbonyl (C=O) groups excluding carboxylic acids is 1. The summed E-state index contributed by atoms with van der Waals surface area (Å²) < 4.78 is 0. The van der Waals surface area contributed by atoms with Crippen LogP contribution in [0.25, 0.3) is 0 Å². The van der Waals surface area contributed by atoms with Gasteiger partial charge in [-0.3, -0.25) is 4.79 Å². The lowest BCUT2D eigenvalue weighted by molar-refractivity contribution is -0.121. The van der Waals surface area contributed by atoms with E-state index in [9.17, 15) is 4.79 Å². The molecule has 1 aliphatic heterocycles. The van der Waals surface area contributed by atoms with Crippen LogP contribution in [0.4, 0.5) is 0 Å². The van der Waals surface area contributed by atoms with Crippen molar-refractivity contribution in [3.8, 4) is 0 Å².